The Morgan fingerprint density at radius 1 is 1.03 bits per heavy atom. The number of carbonyl (C=O) groups excluding carboxylic acids is 1. The lowest BCUT2D eigenvalue weighted by Crippen LogP contribution is -2.23. The van der Waals surface area contributed by atoms with Crippen LogP contribution >= 0.6 is 0 Å². The zero-order valence-electron chi connectivity index (χ0n) is 21.3. The van der Waals surface area contributed by atoms with E-state index in [1.807, 2.05) is 0 Å². The predicted octanol–water partition coefficient (Wildman–Crippen LogP) is 3.65. The number of nitrogens with one attached hydrogen (secondary N) is 1. The number of ketones is 1. The Labute approximate surface area is 219 Å². The van der Waals surface area contributed by atoms with Gasteiger partial charge in [0.25, 0.3) is 0 Å². The van der Waals surface area contributed by atoms with Gasteiger partial charge in [0.05, 0.1) is 57.7 Å². The summed E-state index contributed by atoms with van der Waals surface area (Å²) in [5.41, 5.74) is 1.41. The molecular formula is C27H34F2N4O5. The normalized spacial score (nSPS) is 17.8. The molecule has 3 heterocycles. The number of Topliss-reactive ketones (excluding diaryl/α,β-unsaturated/α-hetero) is 1. The fourth-order valence-electron chi connectivity index (χ4n) is 4.96. The summed E-state index contributed by atoms with van der Waals surface area (Å²) in [6, 6.07) is 1.36. The molecule has 2 N–H and O–H groups in total. The van der Waals surface area contributed by atoms with E-state index in [1.165, 1.54) is 6.07 Å². The number of rotatable bonds is 15. The van der Waals surface area contributed by atoms with Crippen LogP contribution in [0.4, 0.5) is 8.78 Å². The quantitative estimate of drug-likeness (QED) is 0.285. The largest absolute Gasteiger partial charge is 0.394 e. The minimum absolute atomic E-state index is 0.0153. The summed E-state index contributed by atoms with van der Waals surface area (Å²) >= 11 is 0. The number of aliphatic hydroxyl groups is 1. The van der Waals surface area contributed by atoms with Crippen LogP contribution in [0.3, 0.4) is 0 Å². The molecule has 1 fully saturated rings. The fraction of sp³-hybridized carbons (Fsp3) is 0.556. The van der Waals surface area contributed by atoms with Gasteiger partial charge in [0.1, 0.15) is 18.1 Å². The maximum absolute atomic E-state index is 14.7. The van der Waals surface area contributed by atoms with E-state index >= 15 is 0 Å². The van der Waals surface area contributed by atoms with Crippen molar-refractivity contribution in [2.75, 3.05) is 46.2 Å². The topological polar surface area (TPSA) is 119 Å². The van der Waals surface area contributed by atoms with Crippen molar-refractivity contribution in [1.82, 2.24) is 19.9 Å². The molecule has 0 aliphatic heterocycles. The highest BCUT2D eigenvalue weighted by molar-refractivity contribution is 5.91. The van der Waals surface area contributed by atoms with Crippen LogP contribution in [0.25, 0.3) is 22.4 Å². The van der Waals surface area contributed by atoms with E-state index in [2.05, 4.69) is 19.9 Å². The van der Waals surface area contributed by atoms with Gasteiger partial charge in [0.2, 0.25) is 0 Å². The van der Waals surface area contributed by atoms with Crippen LogP contribution in [-0.2, 0) is 25.4 Å². The van der Waals surface area contributed by atoms with Crippen molar-refractivity contribution in [3.05, 3.63) is 42.0 Å². The lowest BCUT2D eigenvalue weighted by Gasteiger charge is -2.28. The molecule has 0 unspecified atom stereocenters. The molecule has 38 heavy (non-hydrogen) atoms. The molecule has 0 spiro atoms. The van der Waals surface area contributed by atoms with Crippen molar-refractivity contribution < 1.29 is 32.9 Å². The number of carbonyl (C=O) groups is 1. The van der Waals surface area contributed by atoms with Crippen LogP contribution in [0, 0.1) is 23.5 Å². The standard InChI is InChI=1S/C27H34F2N4O5/c28-20-13-22-23(15-31-26(22)30-14-20)27-32-16-24(29)25(33-27)12-19-3-1-2-18(10-19)11-21(35)17-38-9-8-37-7-6-36-5-4-34/h13-16,18-19,34H,1-12,17H2,(H,30,31)/t18-,19+/m1/s1. The number of fused-ring (bicyclic) bond motifs is 1. The number of aromatic nitrogens is 4. The molecule has 3 aromatic heterocycles. The number of H-pyrrole nitrogens is 1. The summed E-state index contributed by atoms with van der Waals surface area (Å²) in [5.74, 6) is -0.117. The maximum Gasteiger partial charge on any atom is 0.163 e. The Kier molecular flexibility index (Phi) is 10.6. The summed E-state index contributed by atoms with van der Waals surface area (Å²) in [6.45, 7) is 1.84. The van der Waals surface area contributed by atoms with Crippen molar-refractivity contribution in [3.63, 3.8) is 0 Å². The second kappa shape index (κ2) is 14.3. The molecule has 3 aromatic rings. The molecule has 1 saturated carbocycles. The van der Waals surface area contributed by atoms with Crippen LogP contribution in [0.1, 0.15) is 37.8 Å². The number of nitrogens with zero attached hydrogens (tertiary/aromatic N) is 3. The summed E-state index contributed by atoms with van der Waals surface area (Å²) in [5, 5.41) is 9.17. The van der Waals surface area contributed by atoms with Crippen LogP contribution in [0.5, 0.6) is 0 Å². The molecule has 206 valence electrons. The second-order valence-electron chi connectivity index (χ2n) is 9.59. The molecule has 0 bridgehead atoms. The monoisotopic (exact) mass is 532 g/mol. The Morgan fingerprint density at radius 2 is 1.79 bits per heavy atom. The minimum atomic E-state index is -0.470. The molecular weight excluding hydrogens is 498 g/mol. The highest BCUT2D eigenvalue weighted by Gasteiger charge is 2.26. The minimum Gasteiger partial charge on any atom is -0.394 e. The average Bonchev–Trinajstić information content (AvgIpc) is 3.32. The highest BCUT2D eigenvalue weighted by Crippen LogP contribution is 2.34. The first-order valence-corrected chi connectivity index (χ1v) is 13.0. The van der Waals surface area contributed by atoms with Gasteiger partial charge >= 0.3 is 0 Å². The van der Waals surface area contributed by atoms with Gasteiger partial charge in [-0.3, -0.25) is 4.79 Å². The van der Waals surface area contributed by atoms with Crippen molar-refractivity contribution in [3.8, 4) is 11.4 Å². The molecule has 0 radical (unpaired) electrons. The number of ether oxygens (including phenoxy) is 3. The predicted molar refractivity (Wildman–Crippen MR) is 135 cm³/mol. The van der Waals surface area contributed by atoms with Gasteiger partial charge in [-0.1, -0.05) is 19.3 Å². The van der Waals surface area contributed by atoms with E-state index in [-0.39, 0.29) is 37.4 Å². The Morgan fingerprint density at radius 3 is 2.61 bits per heavy atom. The molecule has 11 heteroatoms. The van der Waals surface area contributed by atoms with Gasteiger partial charge in [-0.15, -0.1) is 0 Å². The van der Waals surface area contributed by atoms with E-state index in [0.29, 0.717) is 67.4 Å². The molecule has 1 aliphatic rings. The van der Waals surface area contributed by atoms with Crippen LogP contribution in [-0.4, -0.2) is 77.1 Å². The molecule has 4 rings (SSSR count). The lowest BCUT2D eigenvalue weighted by atomic mass is 9.77. The summed E-state index contributed by atoms with van der Waals surface area (Å²) in [7, 11) is 0. The molecule has 9 nitrogen and oxygen atoms in total. The van der Waals surface area contributed by atoms with Gasteiger partial charge < -0.3 is 24.3 Å². The zero-order chi connectivity index (χ0) is 26.7. The van der Waals surface area contributed by atoms with Crippen molar-refractivity contribution in [1.29, 1.82) is 0 Å². The van der Waals surface area contributed by atoms with Gasteiger partial charge in [-0.05, 0) is 30.7 Å². The number of aliphatic hydroxyl groups excluding tert-OH is 1. The third-order valence-corrected chi connectivity index (χ3v) is 6.69. The summed E-state index contributed by atoms with van der Waals surface area (Å²) < 4.78 is 44.3. The van der Waals surface area contributed by atoms with Crippen molar-refractivity contribution >= 4 is 16.8 Å². The number of hydrogen-bond acceptors (Lipinski definition) is 8. The number of pyridine rings is 1. The Hall–Kier alpha value is -2.86. The van der Waals surface area contributed by atoms with E-state index in [4.69, 9.17) is 19.3 Å². The third kappa shape index (κ3) is 8.07. The molecule has 1 aliphatic carbocycles. The first-order chi connectivity index (χ1) is 18.5. The Bertz CT molecular complexity index is 1190. The van der Waals surface area contributed by atoms with E-state index in [1.54, 1.807) is 6.20 Å². The van der Waals surface area contributed by atoms with Gasteiger partial charge in [0.15, 0.2) is 17.4 Å². The Balaban J connectivity index is 1.24. The summed E-state index contributed by atoms with van der Waals surface area (Å²) in [6.07, 6.45) is 8.55. The first kappa shape index (κ1) is 28.2. The number of aromatic amines is 1. The zero-order valence-corrected chi connectivity index (χ0v) is 21.3. The highest BCUT2D eigenvalue weighted by atomic mass is 19.1. The molecule has 0 saturated heterocycles. The van der Waals surface area contributed by atoms with Crippen molar-refractivity contribution in [2.45, 2.75) is 38.5 Å². The van der Waals surface area contributed by atoms with E-state index in [9.17, 15) is 13.6 Å². The van der Waals surface area contributed by atoms with Crippen LogP contribution in [0.2, 0.25) is 0 Å². The van der Waals surface area contributed by atoms with Gasteiger partial charge in [-0.2, -0.15) is 0 Å². The lowest BCUT2D eigenvalue weighted by molar-refractivity contribution is -0.125. The fourth-order valence-corrected chi connectivity index (χ4v) is 4.96. The van der Waals surface area contributed by atoms with Crippen LogP contribution in [0.15, 0.2) is 24.7 Å². The maximum atomic E-state index is 14.7. The van der Waals surface area contributed by atoms with Gasteiger partial charge in [0, 0.05) is 23.6 Å². The summed E-state index contributed by atoms with van der Waals surface area (Å²) in [4.78, 5) is 28.0. The average molecular weight is 533 g/mol. The number of hydrogen-bond donors (Lipinski definition) is 2. The molecule has 0 aromatic carbocycles. The SMILES string of the molecule is O=C(COCCOCCOCCO)C[C@@H]1CCC[C@H](Cc2nc(-c3c[nH]c4ncc(F)cc34)ncc2F)C1. The van der Waals surface area contributed by atoms with E-state index < -0.39 is 11.6 Å². The second-order valence-corrected chi connectivity index (χ2v) is 9.59. The first-order valence-electron chi connectivity index (χ1n) is 13.0. The molecule has 0 amide bonds. The van der Waals surface area contributed by atoms with Gasteiger partial charge in [-0.25, -0.2) is 23.7 Å². The van der Waals surface area contributed by atoms with Crippen molar-refractivity contribution in [2.24, 2.45) is 11.8 Å². The molecule has 2 atom stereocenters. The third-order valence-electron chi connectivity index (χ3n) is 6.69. The number of halogens is 2. The smallest absolute Gasteiger partial charge is 0.163 e. The van der Waals surface area contributed by atoms with E-state index in [0.717, 1.165) is 38.1 Å². The van der Waals surface area contributed by atoms with Crippen LogP contribution < -0.4 is 0 Å².